The van der Waals surface area contributed by atoms with Crippen LogP contribution in [0.4, 0.5) is 5.82 Å². The zero-order chi connectivity index (χ0) is 10.8. The Morgan fingerprint density at radius 3 is 2.87 bits per heavy atom. The monoisotopic (exact) mass is 285 g/mol. The number of aryl methyl sites for hydroxylation is 2. The summed E-state index contributed by atoms with van der Waals surface area (Å²) < 4.78 is 3.03. The quantitative estimate of drug-likeness (QED) is 0.939. The molecular weight excluding hydrogens is 274 g/mol. The van der Waals surface area contributed by atoms with Crippen molar-refractivity contribution in [2.24, 2.45) is 7.05 Å². The molecule has 0 aliphatic carbocycles. The van der Waals surface area contributed by atoms with Gasteiger partial charge in [-0.1, -0.05) is 0 Å². The summed E-state index contributed by atoms with van der Waals surface area (Å²) in [6.45, 7) is 2.86. The SMILES string of the molecule is Cc1cc(NCc2csc(Br)c2)nn1C. The second kappa shape index (κ2) is 4.37. The Morgan fingerprint density at radius 1 is 1.53 bits per heavy atom. The van der Waals surface area contributed by atoms with Gasteiger partial charge in [-0.2, -0.15) is 5.10 Å². The van der Waals surface area contributed by atoms with Crippen LogP contribution in [0.1, 0.15) is 11.3 Å². The van der Waals surface area contributed by atoms with Crippen LogP contribution in [-0.2, 0) is 13.6 Å². The summed E-state index contributed by atoms with van der Waals surface area (Å²) in [5, 5.41) is 9.75. The van der Waals surface area contributed by atoms with Gasteiger partial charge >= 0.3 is 0 Å². The average Bonchev–Trinajstić information content (AvgIpc) is 2.72. The van der Waals surface area contributed by atoms with E-state index in [1.165, 1.54) is 5.56 Å². The fourth-order valence-electron chi connectivity index (χ4n) is 1.28. The minimum Gasteiger partial charge on any atom is -0.364 e. The normalized spacial score (nSPS) is 10.6. The van der Waals surface area contributed by atoms with Crippen LogP contribution in [0, 0.1) is 6.92 Å². The van der Waals surface area contributed by atoms with Gasteiger partial charge in [0.15, 0.2) is 0 Å². The Bertz CT molecular complexity index is 441. The van der Waals surface area contributed by atoms with Crippen molar-refractivity contribution in [2.45, 2.75) is 13.5 Å². The van der Waals surface area contributed by atoms with E-state index >= 15 is 0 Å². The first-order valence-corrected chi connectivity index (χ1v) is 6.30. The van der Waals surface area contributed by atoms with Gasteiger partial charge in [0.2, 0.25) is 0 Å². The number of nitrogens with zero attached hydrogens (tertiary/aromatic N) is 2. The van der Waals surface area contributed by atoms with Crippen LogP contribution in [0.15, 0.2) is 21.3 Å². The molecule has 2 aromatic heterocycles. The summed E-state index contributed by atoms with van der Waals surface area (Å²) in [7, 11) is 1.95. The molecule has 2 heterocycles. The van der Waals surface area contributed by atoms with Crippen LogP contribution in [0.5, 0.6) is 0 Å². The van der Waals surface area contributed by atoms with E-state index in [-0.39, 0.29) is 0 Å². The molecule has 0 aliphatic heterocycles. The molecule has 3 nitrogen and oxygen atoms in total. The smallest absolute Gasteiger partial charge is 0.148 e. The Morgan fingerprint density at radius 2 is 2.33 bits per heavy atom. The van der Waals surface area contributed by atoms with E-state index in [0.717, 1.165) is 21.8 Å². The van der Waals surface area contributed by atoms with Crippen LogP contribution in [0.2, 0.25) is 0 Å². The maximum atomic E-state index is 4.33. The highest BCUT2D eigenvalue weighted by Gasteiger charge is 2.01. The molecule has 0 unspecified atom stereocenters. The van der Waals surface area contributed by atoms with Crippen LogP contribution in [-0.4, -0.2) is 9.78 Å². The molecule has 0 saturated carbocycles. The zero-order valence-corrected chi connectivity index (χ0v) is 11.0. The maximum absolute atomic E-state index is 4.33. The van der Waals surface area contributed by atoms with Crippen molar-refractivity contribution < 1.29 is 0 Å². The molecule has 0 atom stereocenters. The van der Waals surface area contributed by atoms with Gasteiger partial charge < -0.3 is 5.32 Å². The molecule has 80 valence electrons. The molecule has 5 heteroatoms. The third kappa shape index (κ3) is 2.60. The van der Waals surface area contributed by atoms with Crippen molar-refractivity contribution >= 4 is 33.1 Å². The van der Waals surface area contributed by atoms with Gasteiger partial charge in [0, 0.05) is 25.4 Å². The number of halogens is 1. The van der Waals surface area contributed by atoms with E-state index < -0.39 is 0 Å². The molecule has 0 aromatic carbocycles. The molecule has 2 rings (SSSR count). The minimum absolute atomic E-state index is 0.818. The number of aromatic nitrogens is 2. The highest BCUT2D eigenvalue weighted by Crippen LogP contribution is 2.21. The lowest BCUT2D eigenvalue weighted by Crippen LogP contribution is -1.99. The third-order valence-electron chi connectivity index (χ3n) is 2.21. The number of hydrogen-bond acceptors (Lipinski definition) is 3. The predicted molar refractivity (Wildman–Crippen MR) is 67.3 cm³/mol. The molecule has 0 aliphatic rings. The van der Waals surface area contributed by atoms with E-state index in [1.807, 2.05) is 24.7 Å². The first-order chi connectivity index (χ1) is 7.15. The molecule has 2 aromatic rings. The van der Waals surface area contributed by atoms with Crippen LogP contribution >= 0.6 is 27.3 Å². The zero-order valence-electron chi connectivity index (χ0n) is 8.62. The van der Waals surface area contributed by atoms with Gasteiger partial charge in [0.1, 0.15) is 5.82 Å². The lowest BCUT2D eigenvalue weighted by atomic mass is 10.3. The van der Waals surface area contributed by atoms with Gasteiger partial charge in [-0.05, 0) is 39.9 Å². The van der Waals surface area contributed by atoms with Crippen molar-refractivity contribution in [3.05, 3.63) is 32.6 Å². The van der Waals surface area contributed by atoms with Crippen molar-refractivity contribution in [1.82, 2.24) is 9.78 Å². The lowest BCUT2D eigenvalue weighted by molar-refractivity contribution is 0.741. The number of hydrogen-bond donors (Lipinski definition) is 1. The summed E-state index contributed by atoms with van der Waals surface area (Å²) in [6, 6.07) is 4.16. The molecule has 0 fully saturated rings. The number of thiophene rings is 1. The van der Waals surface area contributed by atoms with E-state index in [1.54, 1.807) is 11.3 Å². The minimum atomic E-state index is 0.818. The summed E-state index contributed by atoms with van der Waals surface area (Å²) in [5.74, 6) is 0.928. The summed E-state index contributed by atoms with van der Waals surface area (Å²) >= 11 is 5.14. The highest BCUT2D eigenvalue weighted by molar-refractivity contribution is 9.11. The molecule has 0 radical (unpaired) electrons. The molecule has 0 amide bonds. The van der Waals surface area contributed by atoms with Crippen LogP contribution < -0.4 is 5.32 Å². The van der Waals surface area contributed by atoms with Crippen LogP contribution in [0.3, 0.4) is 0 Å². The van der Waals surface area contributed by atoms with E-state index in [4.69, 9.17) is 0 Å². The molecule has 0 spiro atoms. The lowest BCUT2D eigenvalue weighted by Gasteiger charge is -1.99. The van der Waals surface area contributed by atoms with Gasteiger partial charge in [-0.15, -0.1) is 11.3 Å². The highest BCUT2D eigenvalue weighted by atomic mass is 79.9. The Labute approximate surface area is 101 Å². The molecule has 15 heavy (non-hydrogen) atoms. The number of anilines is 1. The van der Waals surface area contributed by atoms with Gasteiger partial charge in [0.25, 0.3) is 0 Å². The number of rotatable bonds is 3. The Kier molecular flexibility index (Phi) is 3.11. The number of nitrogens with one attached hydrogen (secondary N) is 1. The third-order valence-corrected chi connectivity index (χ3v) is 3.76. The molecular formula is C10H12BrN3S. The molecule has 0 bridgehead atoms. The summed E-state index contributed by atoms with van der Waals surface area (Å²) in [5.41, 5.74) is 2.43. The second-order valence-corrected chi connectivity index (χ2v) is 5.70. The molecule has 0 saturated heterocycles. The Balaban J connectivity index is 1.99. The second-order valence-electron chi connectivity index (χ2n) is 3.41. The topological polar surface area (TPSA) is 29.9 Å². The first kappa shape index (κ1) is 10.7. The van der Waals surface area contributed by atoms with Gasteiger partial charge in [-0.25, -0.2) is 0 Å². The van der Waals surface area contributed by atoms with Crippen molar-refractivity contribution in [1.29, 1.82) is 0 Å². The van der Waals surface area contributed by atoms with E-state index in [0.29, 0.717) is 0 Å². The van der Waals surface area contributed by atoms with Crippen molar-refractivity contribution in [3.8, 4) is 0 Å². The largest absolute Gasteiger partial charge is 0.364 e. The standard InChI is InChI=1S/C10H12BrN3S/c1-7-3-10(13-14(7)2)12-5-8-4-9(11)15-6-8/h3-4,6H,5H2,1-2H3,(H,12,13). The van der Waals surface area contributed by atoms with Crippen LogP contribution in [0.25, 0.3) is 0 Å². The van der Waals surface area contributed by atoms with Gasteiger partial charge in [0.05, 0.1) is 3.79 Å². The maximum Gasteiger partial charge on any atom is 0.148 e. The average molecular weight is 286 g/mol. The summed E-state index contributed by atoms with van der Waals surface area (Å²) in [4.78, 5) is 0. The predicted octanol–water partition coefficient (Wildman–Crippen LogP) is 3.16. The molecule has 1 N–H and O–H groups in total. The Hall–Kier alpha value is -0.810. The fourth-order valence-corrected chi connectivity index (χ4v) is 2.49. The van der Waals surface area contributed by atoms with Crippen molar-refractivity contribution in [3.63, 3.8) is 0 Å². The summed E-state index contributed by atoms with van der Waals surface area (Å²) in [6.07, 6.45) is 0. The van der Waals surface area contributed by atoms with E-state index in [9.17, 15) is 0 Å². The van der Waals surface area contributed by atoms with Crippen molar-refractivity contribution in [2.75, 3.05) is 5.32 Å². The fraction of sp³-hybridized carbons (Fsp3) is 0.300. The van der Waals surface area contributed by atoms with Gasteiger partial charge in [-0.3, -0.25) is 4.68 Å². The van der Waals surface area contributed by atoms with E-state index in [2.05, 4.69) is 37.8 Å². The first-order valence-electron chi connectivity index (χ1n) is 4.62.